The third kappa shape index (κ3) is 6.66. The van der Waals surface area contributed by atoms with E-state index in [1.54, 1.807) is 32.9 Å². The lowest BCUT2D eigenvalue weighted by atomic mass is 9.84. The molecule has 0 atom stereocenters. The number of nitrogens with one attached hydrogen (secondary N) is 1. The van der Waals surface area contributed by atoms with Crippen molar-refractivity contribution in [3.63, 3.8) is 0 Å². The van der Waals surface area contributed by atoms with Crippen LogP contribution in [0.1, 0.15) is 84.9 Å². The van der Waals surface area contributed by atoms with Gasteiger partial charge in [-0.05, 0) is 61.8 Å². The highest BCUT2D eigenvalue weighted by Crippen LogP contribution is 2.39. The standard InChI is InChI=1S/C24H37N3O4S3/c1-23(2,3)18-15-17(12-13-20(18)34(30,31)27-24(4,5)6)21-19(14-16-10-8-7-9-11-16)26-22(32-21)33(25,28)29/h12-13,15-16,27H,7-11,14H2,1-6H3,(H2,25,28,29). The van der Waals surface area contributed by atoms with E-state index in [2.05, 4.69) is 9.71 Å². The Labute approximate surface area is 208 Å². The second-order valence-corrected chi connectivity index (χ2v) is 15.7. The number of benzene rings is 1. The van der Waals surface area contributed by atoms with Crippen LogP contribution in [-0.2, 0) is 31.9 Å². The van der Waals surface area contributed by atoms with Gasteiger partial charge >= 0.3 is 0 Å². The monoisotopic (exact) mass is 527 g/mol. The van der Waals surface area contributed by atoms with Gasteiger partial charge in [-0.25, -0.2) is 31.7 Å². The predicted octanol–water partition coefficient (Wildman–Crippen LogP) is 4.95. The molecular formula is C24H37N3O4S3. The van der Waals surface area contributed by atoms with E-state index in [9.17, 15) is 16.8 Å². The molecule has 1 aliphatic carbocycles. The first-order chi connectivity index (χ1) is 15.5. The third-order valence-corrected chi connectivity index (χ3v) is 10.2. The van der Waals surface area contributed by atoms with E-state index >= 15 is 0 Å². The number of nitrogens with two attached hydrogens (primary N) is 1. The molecule has 10 heteroatoms. The van der Waals surface area contributed by atoms with Gasteiger partial charge in [-0.1, -0.05) is 58.9 Å². The predicted molar refractivity (Wildman–Crippen MR) is 138 cm³/mol. The lowest BCUT2D eigenvalue weighted by Crippen LogP contribution is -2.41. The molecule has 0 bridgehead atoms. The second kappa shape index (κ2) is 9.61. The van der Waals surface area contributed by atoms with Gasteiger partial charge in [-0.15, -0.1) is 11.3 Å². The fourth-order valence-electron chi connectivity index (χ4n) is 4.43. The summed E-state index contributed by atoms with van der Waals surface area (Å²) >= 11 is 1.06. The van der Waals surface area contributed by atoms with E-state index in [0.717, 1.165) is 40.3 Å². The quantitative estimate of drug-likeness (QED) is 0.551. The van der Waals surface area contributed by atoms with Crippen LogP contribution in [0.5, 0.6) is 0 Å². The van der Waals surface area contributed by atoms with Gasteiger partial charge in [0.15, 0.2) is 0 Å². The Morgan fingerprint density at radius 1 is 1.03 bits per heavy atom. The van der Waals surface area contributed by atoms with Crippen molar-refractivity contribution in [3.8, 4) is 10.4 Å². The summed E-state index contributed by atoms with van der Waals surface area (Å²) in [5.74, 6) is 0.459. The lowest BCUT2D eigenvalue weighted by Gasteiger charge is -2.27. The number of sulfonamides is 2. The molecule has 1 aliphatic rings. The van der Waals surface area contributed by atoms with Crippen LogP contribution in [0.3, 0.4) is 0 Å². The molecule has 2 aromatic rings. The topological polar surface area (TPSA) is 119 Å². The molecular weight excluding hydrogens is 490 g/mol. The molecule has 1 aromatic carbocycles. The summed E-state index contributed by atoms with van der Waals surface area (Å²) in [6, 6.07) is 5.23. The van der Waals surface area contributed by atoms with Crippen LogP contribution in [0.15, 0.2) is 27.4 Å². The van der Waals surface area contributed by atoms with Gasteiger partial charge in [0.25, 0.3) is 10.0 Å². The fraction of sp³-hybridized carbons (Fsp3) is 0.625. The molecule has 1 heterocycles. The zero-order valence-corrected chi connectivity index (χ0v) is 23.4. The van der Waals surface area contributed by atoms with Crippen molar-refractivity contribution in [2.75, 3.05) is 0 Å². The summed E-state index contributed by atoms with van der Waals surface area (Å²) in [5.41, 5.74) is 1.06. The largest absolute Gasteiger partial charge is 0.265 e. The highest BCUT2D eigenvalue weighted by Gasteiger charge is 2.30. The van der Waals surface area contributed by atoms with E-state index < -0.39 is 31.0 Å². The van der Waals surface area contributed by atoms with Crippen molar-refractivity contribution in [3.05, 3.63) is 29.5 Å². The summed E-state index contributed by atoms with van der Waals surface area (Å²) < 4.78 is 53.3. The van der Waals surface area contributed by atoms with Crippen molar-refractivity contribution in [1.29, 1.82) is 0 Å². The number of hydrogen-bond acceptors (Lipinski definition) is 6. The van der Waals surface area contributed by atoms with Gasteiger partial charge in [0.05, 0.1) is 15.5 Å². The van der Waals surface area contributed by atoms with E-state index in [1.807, 2.05) is 26.8 Å². The molecule has 34 heavy (non-hydrogen) atoms. The van der Waals surface area contributed by atoms with Crippen LogP contribution in [0, 0.1) is 5.92 Å². The van der Waals surface area contributed by atoms with Crippen molar-refractivity contribution < 1.29 is 16.8 Å². The summed E-state index contributed by atoms with van der Waals surface area (Å²) in [5, 5.41) is 5.42. The Kier molecular flexibility index (Phi) is 7.71. The normalized spacial score (nSPS) is 16.7. The van der Waals surface area contributed by atoms with Crippen LogP contribution < -0.4 is 9.86 Å². The molecule has 1 aromatic heterocycles. The van der Waals surface area contributed by atoms with E-state index in [1.165, 1.54) is 19.3 Å². The summed E-state index contributed by atoms with van der Waals surface area (Å²) in [4.78, 5) is 5.41. The van der Waals surface area contributed by atoms with Crippen LogP contribution in [0.2, 0.25) is 0 Å². The van der Waals surface area contributed by atoms with Gasteiger partial charge in [-0.2, -0.15) is 0 Å². The smallest absolute Gasteiger partial charge is 0.228 e. The first kappa shape index (κ1) is 27.3. The molecule has 0 spiro atoms. The van der Waals surface area contributed by atoms with Crippen LogP contribution in [0.25, 0.3) is 10.4 Å². The molecule has 0 aliphatic heterocycles. The highest BCUT2D eigenvalue weighted by molar-refractivity contribution is 7.91. The van der Waals surface area contributed by atoms with Crippen LogP contribution >= 0.6 is 11.3 Å². The molecule has 7 nitrogen and oxygen atoms in total. The first-order valence-electron chi connectivity index (χ1n) is 11.7. The minimum absolute atomic E-state index is 0.100. The Morgan fingerprint density at radius 3 is 2.18 bits per heavy atom. The Balaban J connectivity index is 2.14. The van der Waals surface area contributed by atoms with E-state index in [0.29, 0.717) is 17.9 Å². The molecule has 3 N–H and O–H groups in total. The van der Waals surface area contributed by atoms with Gasteiger partial charge in [0, 0.05) is 5.54 Å². The maximum atomic E-state index is 13.2. The summed E-state index contributed by atoms with van der Waals surface area (Å²) in [6.45, 7) is 11.3. The molecule has 0 radical (unpaired) electrons. The zero-order chi connectivity index (χ0) is 25.5. The van der Waals surface area contributed by atoms with Crippen molar-refractivity contribution in [2.24, 2.45) is 11.1 Å². The minimum Gasteiger partial charge on any atom is -0.228 e. The van der Waals surface area contributed by atoms with Gasteiger partial charge in [-0.3, -0.25) is 0 Å². The molecule has 3 rings (SSSR count). The fourth-order valence-corrected chi connectivity index (χ4v) is 8.02. The molecule has 1 saturated carbocycles. The lowest BCUT2D eigenvalue weighted by molar-refractivity contribution is 0.354. The Morgan fingerprint density at radius 2 is 1.65 bits per heavy atom. The third-order valence-electron chi connectivity index (χ3n) is 5.91. The maximum Gasteiger partial charge on any atom is 0.265 e. The first-order valence-corrected chi connectivity index (χ1v) is 15.5. The molecule has 0 unspecified atom stereocenters. The van der Waals surface area contributed by atoms with Crippen LogP contribution in [0.4, 0.5) is 0 Å². The average molecular weight is 528 g/mol. The highest BCUT2D eigenvalue weighted by atomic mass is 32.2. The number of primary sulfonamides is 1. The molecule has 0 amide bonds. The second-order valence-electron chi connectivity index (χ2n) is 11.3. The van der Waals surface area contributed by atoms with Crippen LogP contribution in [-0.4, -0.2) is 27.4 Å². The number of thiazole rings is 1. The van der Waals surface area contributed by atoms with Crippen molar-refractivity contribution in [2.45, 2.75) is 100 Å². The zero-order valence-electron chi connectivity index (χ0n) is 20.9. The van der Waals surface area contributed by atoms with Crippen molar-refractivity contribution in [1.82, 2.24) is 9.71 Å². The number of aromatic nitrogens is 1. The maximum absolute atomic E-state index is 13.2. The average Bonchev–Trinajstić information content (AvgIpc) is 3.10. The van der Waals surface area contributed by atoms with Gasteiger partial charge < -0.3 is 0 Å². The van der Waals surface area contributed by atoms with Gasteiger partial charge in [0.1, 0.15) is 0 Å². The molecule has 0 saturated heterocycles. The number of nitrogens with zero attached hydrogens (tertiary/aromatic N) is 1. The SMILES string of the molecule is CC(C)(C)NS(=O)(=O)c1ccc(-c2sc(S(N)(=O)=O)nc2CC2CCCCC2)cc1C(C)(C)C. The molecule has 190 valence electrons. The summed E-state index contributed by atoms with van der Waals surface area (Å²) in [6.07, 6.45) is 6.48. The Bertz CT molecular complexity index is 1250. The van der Waals surface area contributed by atoms with Gasteiger partial charge in [0.2, 0.25) is 14.4 Å². The summed E-state index contributed by atoms with van der Waals surface area (Å²) in [7, 11) is -7.70. The van der Waals surface area contributed by atoms with E-state index in [4.69, 9.17) is 5.14 Å². The van der Waals surface area contributed by atoms with Crippen molar-refractivity contribution >= 4 is 31.4 Å². The number of rotatable bonds is 6. The minimum atomic E-state index is -3.94. The Hall–Kier alpha value is -1.33. The molecule has 1 fully saturated rings. The van der Waals surface area contributed by atoms with E-state index in [-0.39, 0.29) is 9.24 Å². The number of hydrogen-bond donors (Lipinski definition) is 2.